The summed E-state index contributed by atoms with van der Waals surface area (Å²) < 4.78 is 7.58. The van der Waals surface area contributed by atoms with Gasteiger partial charge in [0.15, 0.2) is 11.7 Å². The number of anilines is 1. The number of benzene rings is 3. The van der Waals surface area contributed by atoms with Gasteiger partial charge in [-0.2, -0.15) is 0 Å². The van der Waals surface area contributed by atoms with E-state index in [0.717, 1.165) is 44.8 Å². The molecule has 1 aliphatic heterocycles. The molecule has 0 radical (unpaired) electrons. The summed E-state index contributed by atoms with van der Waals surface area (Å²) in [6.45, 7) is 0.680. The number of ether oxygens (including phenoxy) is 1. The number of carbonyl (C=O) groups is 1. The summed E-state index contributed by atoms with van der Waals surface area (Å²) in [4.78, 5) is 14.4. The second-order valence-corrected chi connectivity index (χ2v) is 8.86. The maximum atomic E-state index is 12.4. The van der Waals surface area contributed by atoms with E-state index < -0.39 is 0 Å². The third kappa shape index (κ3) is 4.47. The molecule has 1 N–H and O–H groups in total. The van der Waals surface area contributed by atoms with Crippen LogP contribution in [0.2, 0.25) is 0 Å². The van der Waals surface area contributed by atoms with Crippen molar-refractivity contribution in [3.8, 4) is 5.75 Å². The molecule has 1 aliphatic rings. The Morgan fingerprint density at radius 1 is 1.14 bits per heavy atom. The smallest absolute Gasteiger partial charge is 0.264 e. The van der Waals surface area contributed by atoms with Crippen molar-refractivity contribution in [2.75, 3.05) is 18.1 Å². The van der Waals surface area contributed by atoms with Crippen LogP contribution in [0.3, 0.4) is 0 Å². The molecule has 0 unspecified atom stereocenters. The Labute approximate surface area is 191 Å². The Kier molecular flexibility index (Phi) is 6.18. The van der Waals surface area contributed by atoms with E-state index in [2.05, 4.69) is 43.2 Å². The van der Waals surface area contributed by atoms with Crippen molar-refractivity contribution in [3.63, 3.8) is 0 Å². The van der Waals surface area contributed by atoms with Gasteiger partial charge in [-0.3, -0.25) is 10.1 Å². The van der Waals surface area contributed by atoms with E-state index in [9.17, 15) is 4.79 Å². The first-order valence-electron chi connectivity index (χ1n) is 9.23. The maximum absolute atomic E-state index is 12.4. The maximum Gasteiger partial charge on any atom is 0.264 e. The number of para-hydroxylation sites is 1. The van der Waals surface area contributed by atoms with Gasteiger partial charge in [-0.05, 0) is 81.6 Å². The van der Waals surface area contributed by atoms with Crippen molar-refractivity contribution >= 4 is 71.6 Å². The lowest BCUT2D eigenvalue weighted by Gasteiger charge is -2.31. The average molecular weight is 534 g/mol. The molecule has 0 saturated heterocycles. The minimum absolute atomic E-state index is 0.115. The zero-order valence-electron chi connectivity index (χ0n) is 15.5. The van der Waals surface area contributed by atoms with Crippen LogP contribution in [-0.2, 0) is 11.2 Å². The minimum atomic E-state index is -0.277. The molecule has 3 aromatic carbocycles. The number of hydrogen-bond acceptors (Lipinski definition) is 3. The van der Waals surface area contributed by atoms with Gasteiger partial charge in [-0.1, -0.05) is 46.3 Å². The van der Waals surface area contributed by atoms with Crippen LogP contribution in [0, 0.1) is 0 Å². The van der Waals surface area contributed by atoms with Crippen molar-refractivity contribution in [2.45, 2.75) is 12.8 Å². The summed E-state index contributed by atoms with van der Waals surface area (Å²) in [5.41, 5.74) is 2.31. The molecule has 0 spiro atoms. The second-order valence-electron chi connectivity index (χ2n) is 6.77. The highest BCUT2D eigenvalue weighted by Crippen LogP contribution is 2.34. The zero-order valence-corrected chi connectivity index (χ0v) is 19.4. The molecule has 29 heavy (non-hydrogen) atoms. The van der Waals surface area contributed by atoms with Gasteiger partial charge in [-0.15, -0.1) is 0 Å². The van der Waals surface area contributed by atoms with E-state index in [1.807, 2.05) is 53.4 Å². The van der Waals surface area contributed by atoms with E-state index in [0.29, 0.717) is 10.9 Å². The van der Waals surface area contributed by atoms with Crippen LogP contribution < -0.4 is 15.0 Å². The predicted octanol–water partition coefficient (Wildman–Crippen LogP) is 5.60. The van der Waals surface area contributed by atoms with Gasteiger partial charge in [-0.25, -0.2) is 0 Å². The van der Waals surface area contributed by atoms with Gasteiger partial charge in [0, 0.05) is 16.7 Å². The molecule has 4 rings (SSSR count). The fourth-order valence-electron chi connectivity index (χ4n) is 3.46. The number of thiocarbonyl (C=S) groups is 1. The van der Waals surface area contributed by atoms with Crippen LogP contribution in [0.5, 0.6) is 5.75 Å². The number of fused-ring (bicyclic) bond motifs is 2. The number of nitrogens with one attached hydrogen (secondary N) is 1. The highest BCUT2D eigenvalue weighted by molar-refractivity contribution is 9.11. The molecule has 1 amide bonds. The number of hydrogen-bond donors (Lipinski definition) is 1. The highest BCUT2D eigenvalue weighted by atomic mass is 79.9. The molecule has 7 heteroatoms. The lowest BCUT2D eigenvalue weighted by atomic mass is 10.0. The summed E-state index contributed by atoms with van der Waals surface area (Å²) in [6, 6.07) is 18.0. The molecular weight excluding hydrogens is 516 g/mol. The number of aryl methyl sites for hydroxylation is 1. The molecule has 4 nitrogen and oxygen atoms in total. The normalized spacial score (nSPS) is 13.1. The number of halogens is 2. The van der Waals surface area contributed by atoms with E-state index in [1.165, 1.54) is 5.56 Å². The Balaban J connectivity index is 1.41. The first-order chi connectivity index (χ1) is 14.0. The first kappa shape index (κ1) is 20.3. The van der Waals surface area contributed by atoms with Crippen molar-refractivity contribution in [3.05, 3.63) is 69.1 Å². The van der Waals surface area contributed by atoms with Gasteiger partial charge >= 0.3 is 0 Å². The van der Waals surface area contributed by atoms with E-state index in [4.69, 9.17) is 17.0 Å². The van der Waals surface area contributed by atoms with Gasteiger partial charge < -0.3 is 9.64 Å². The van der Waals surface area contributed by atoms with E-state index in [1.54, 1.807) is 0 Å². The van der Waals surface area contributed by atoms with Crippen LogP contribution in [0.4, 0.5) is 5.69 Å². The SMILES string of the molecule is O=C(COc1ccc2cc(Br)ccc2c1Br)NC(=S)N1CCCc2ccccc21. The van der Waals surface area contributed by atoms with Crippen molar-refractivity contribution in [1.29, 1.82) is 0 Å². The number of carbonyl (C=O) groups excluding carboxylic acids is 1. The molecule has 0 aliphatic carbocycles. The Morgan fingerprint density at radius 2 is 1.97 bits per heavy atom. The van der Waals surface area contributed by atoms with Crippen LogP contribution in [-0.4, -0.2) is 24.2 Å². The van der Waals surface area contributed by atoms with E-state index in [-0.39, 0.29) is 12.5 Å². The molecular formula is C22H18Br2N2O2S. The monoisotopic (exact) mass is 532 g/mol. The van der Waals surface area contributed by atoms with Crippen molar-refractivity contribution in [2.24, 2.45) is 0 Å². The summed E-state index contributed by atoms with van der Waals surface area (Å²) in [7, 11) is 0. The fourth-order valence-corrected chi connectivity index (χ4v) is 4.75. The fraction of sp³-hybridized carbons (Fsp3) is 0.182. The lowest BCUT2D eigenvalue weighted by molar-refractivity contribution is -0.121. The molecule has 0 aromatic heterocycles. The highest BCUT2D eigenvalue weighted by Gasteiger charge is 2.21. The molecule has 0 atom stereocenters. The average Bonchev–Trinajstić information content (AvgIpc) is 2.72. The first-order valence-corrected chi connectivity index (χ1v) is 11.2. The van der Waals surface area contributed by atoms with Crippen LogP contribution in [0.15, 0.2) is 63.5 Å². The summed E-state index contributed by atoms with van der Waals surface area (Å²) in [5, 5.41) is 5.30. The van der Waals surface area contributed by atoms with Crippen LogP contribution in [0.25, 0.3) is 10.8 Å². The van der Waals surface area contributed by atoms with E-state index >= 15 is 0 Å². The Bertz CT molecular complexity index is 1100. The predicted molar refractivity (Wildman–Crippen MR) is 128 cm³/mol. The quantitative estimate of drug-likeness (QED) is 0.445. The van der Waals surface area contributed by atoms with Gasteiger partial charge in [0.25, 0.3) is 5.91 Å². The minimum Gasteiger partial charge on any atom is -0.483 e. The van der Waals surface area contributed by atoms with Gasteiger partial charge in [0.1, 0.15) is 5.75 Å². The molecule has 148 valence electrons. The molecule has 0 saturated carbocycles. The molecule has 1 heterocycles. The van der Waals surface area contributed by atoms with Crippen molar-refractivity contribution < 1.29 is 9.53 Å². The lowest BCUT2D eigenvalue weighted by Crippen LogP contribution is -2.46. The van der Waals surface area contributed by atoms with Gasteiger partial charge in [0.2, 0.25) is 0 Å². The van der Waals surface area contributed by atoms with Crippen LogP contribution >= 0.6 is 44.1 Å². The molecule has 3 aromatic rings. The second kappa shape index (κ2) is 8.81. The summed E-state index contributed by atoms with van der Waals surface area (Å²) in [6.07, 6.45) is 2.03. The third-order valence-corrected chi connectivity index (χ3v) is 6.47. The summed E-state index contributed by atoms with van der Waals surface area (Å²) >= 11 is 12.5. The molecule has 0 bridgehead atoms. The Morgan fingerprint density at radius 3 is 2.83 bits per heavy atom. The zero-order chi connectivity index (χ0) is 20.4. The Hall–Kier alpha value is -1.96. The number of amides is 1. The largest absolute Gasteiger partial charge is 0.483 e. The van der Waals surface area contributed by atoms with Crippen molar-refractivity contribution in [1.82, 2.24) is 5.32 Å². The number of nitrogens with zero attached hydrogens (tertiary/aromatic N) is 1. The summed E-state index contributed by atoms with van der Waals surface area (Å²) in [5.74, 6) is 0.338. The number of rotatable bonds is 3. The third-order valence-electron chi connectivity index (χ3n) is 4.84. The topological polar surface area (TPSA) is 41.6 Å². The van der Waals surface area contributed by atoms with Crippen LogP contribution in [0.1, 0.15) is 12.0 Å². The molecule has 0 fully saturated rings. The van der Waals surface area contributed by atoms with Gasteiger partial charge in [0.05, 0.1) is 4.47 Å². The standard InChI is InChI=1S/C22H18Br2N2O2S/c23-16-8-9-17-15(12-16)7-10-19(21(17)24)28-13-20(27)25-22(29)26-11-3-5-14-4-1-2-6-18(14)26/h1-2,4,6-10,12H,3,5,11,13H2,(H,25,27,29).